The third-order valence-electron chi connectivity index (χ3n) is 2.84. The van der Waals surface area contributed by atoms with Gasteiger partial charge in [0.05, 0.1) is 10.4 Å². The summed E-state index contributed by atoms with van der Waals surface area (Å²) < 4.78 is 2.77. The van der Waals surface area contributed by atoms with Gasteiger partial charge in [-0.3, -0.25) is 14.7 Å². The van der Waals surface area contributed by atoms with Crippen LogP contribution in [0.5, 0.6) is 0 Å². The number of non-ortho nitro benzene ring substituents is 1. The number of hydrogen-bond acceptors (Lipinski definition) is 3. The average Bonchev–Trinajstić information content (AvgIpc) is 2.82. The van der Waals surface area contributed by atoms with Crippen LogP contribution in [-0.2, 0) is 0 Å². The standard InChI is InChI=1S/C13H8BrN3O2/c14-9-3-1-4-10(7-9)16-8-15-13-11(16)5-2-6-12(13)17(18)19/h1-8H. The molecule has 3 aromatic rings. The molecule has 1 heterocycles. The highest BCUT2D eigenvalue weighted by atomic mass is 79.9. The maximum Gasteiger partial charge on any atom is 0.297 e. The predicted molar refractivity (Wildman–Crippen MR) is 75.4 cm³/mol. The number of aromatic nitrogens is 2. The molecule has 0 N–H and O–H groups in total. The van der Waals surface area contributed by atoms with Crippen molar-refractivity contribution in [2.24, 2.45) is 0 Å². The van der Waals surface area contributed by atoms with Crippen molar-refractivity contribution in [3.8, 4) is 5.69 Å². The predicted octanol–water partition coefficient (Wildman–Crippen LogP) is 3.70. The molecule has 0 radical (unpaired) electrons. The Morgan fingerprint density at radius 2 is 2.00 bits per heavy atom. The number of hydrogen-bond donors (Lipinski definition) is 0. The van der Waals surface area contributed by atoms with Gasteiger partial charge in [0, 0.05) is 16.2 Å². The minimum absolute atomic E-state index is 0.0197. The highest BCUT2D eigenvalue weighted by molar-refractivity contribution is 9.10. The third kappa shape index (κ3) is 2.00. The van der Waals surface area contributed by atoms with Gasteiger partial charge < -0.3 is 0 Å². The lowest BCUT2D eigenvalue weighted by Crippen LogP contribution is -1.92. The Morgan fingerprint density at radius 1 is 1.21 bits per heavy atom. The number of nitro benzene ring substituents is 1. The zero-order valence-electron chi connectivity index (χ0n) is 9.65. The molecule has 0 saturated heterocycles. The van der Waals surface area contributed by atoms with Crippen LogP contribution in [0.3, 0.4) is 0 Å². The molecule has 2 aromatic carbocycles. The number of rotatable bonds is 2. The van der Waals surface area contributed by atoms with E-state index in [0.717, 1.165) is 10.2 Å². The van der Waals surface area contributed by atoms with Gasteiger partial charge in [0.15, 0.2) is 5.52 Å². The zero-order chi connectivity index (χ0) is 13.4. The summed E-state index contributed by atoms with van der Waals surface area (Å²) in [5, 5.41) is 11.0. The number of halogens is 1. The molecule has 0 amide bonds. The Balaban J connectivity index is 2.27. The molecule has 5 nitrogen and oxygen atoms in total. The molecule has 0 spiro atoms. The van der Waals surface area contributed by atoms with Crippen LogP contribution in [0.2, 0.25) is 0 Å². The van der Waals surface area contributed by atoms with Gasteiger partial charge in [0.1, 0.15) is 6.33 Å². The minimum Gasteiger partial charge on any atom is -0.299 e. The molecular weight excluding hydrogens is 310 g/mol. The lowest BCUT2D eigenvalue weighted by molar-refractivity contribution is -0.383. The fraction of sp³-hybridized carbons (Fsp3) is 0. The largest absolute Gasteiger partial charge is 0.299 e. The van der Waals surface area contributed by atoms with Gasteiger partial charge in [-0.1, -0.05) is 28.1 Å². The molecule has 0 aliphatic heterocycles. The van der Waals surface area contributed by atoms with Gasteiger partial charge in [0.2, 0.25) is 0 Å². The number of benzene rings is 2. The fourth-order valence-corrected chi connectivity index (χ4v) is 2.39. The van der Waals surface area contributed by atoms with E-state index in [1.54, 1.807) is 12.4 Å². The van der Waals surface area contributed by atoms with Crippen molar-refractivity contribution in [3.63, 3.8) is 0 Å². The molecule has 0 aliphatic rings. The van der Waals surface area contributed by atoms with E-state index in [4.69, 9.17) is 0 Å². The Kier molecular flexibility index (Phi) is 2.79. The molecule has 0 saturated carbocycles. The van der Waals surface area contributed by atoms with Gasteiger partial charge >= 0.3 is 0 Å². The molecule has 0 bridgehead atoms. The molecule has 0 atom stereocenters. The van der Waals surface area contributed by atoms with Crippen LogP contribution in [0.1, 0.15) is 0 Å². The summed E-state index contributed by atoms with van der Waals surface area (Å²) in [5.74, 6) is 0. The molecular formula is C13H8BrN3O2. The fourth-order valence-electron chi connectivity index (χ4n) is 2.00. The summed E-state index contributed by atoms with van der Waals surface area (Å²) in [6.07, 6.45) is 1.60. The Bertz CT molecular complexity index is 782. The number of fused-ring (bicyclic) bond motifs is 1. The van der Waals surface area contributed by atoms with Crippen molar-refractivity contribution in [1.29, 1.82) is 0 Å². The molecule has 1 aromatic heterocycles. The second kappa shape index (κ2) is 4.47. The first-order chi connectivity index (χ1) is 9.16. The van der Waals surface area contributed by atoms with Gasteiger partial charge in [-0.15, -0.1) is 0 Å². The summed E-state index contributed by atoms with van der Waals surface area (Å²) in [4.78, 5) is 14.7. The summed E-state index contributed by atoms with van der Waals surface area (Å²) in [6, 6.07) is 12.6. The van der Waals surface area contributed by atoms with Gasteiger partial charge in [-0.05, 0) is 24.3 Å². The maximum absolute atomic E-state index is 11.0. The second-order valence-corrected chi connectivity index (χ2v) is 4.91. The molecule has 0 fully saturated rings. The van der Waals surface area contributed by atoms with Crippen LogP contribution in [0.25, 0.3) is 16.7 Å². The number of para-hydroxylation sites is 1. The van der Waals surface area contributed by atoms with E-state index in [0.29, 0.717) is 11.0 Å². The van der Waals surface area contributed by atoms with Crippen LogP contribution in [0, 0.1) is 10.1 Å². The first-order valence-electron chi connectivity index (χ1n) is 5.53. The normalized spacial score (nSPS) is 10.8. The van der Waals surface area contributed by atoms with Crippen LogP contribution in [0.4, 0.5) is 5.69 Å². The molecule has 3 rings (SSSR count). The van der Waals surface area contributed by atoms with Crippen LogP contribution in [-0.4, -0.2) is 14.5 Å². The summed E-state index contributed by atoms with van der Waals surface area (Å²) in [7, 11) is 0. The van der Waals surface area contributed by atoms with Crippen LogP contribution in [0.15, 0.2) is 53.3 Å². The van der Waals surface area contributed by atoms with Crippen molar-refractivity contribution in [2.45, 2.75) is 0 Å². The Morgan fingerprint density at radius 3 is 2.74 bits per heavy atom. The average molecular weight is 318 g/mol. The molecule has 94 valence electrons. The van der Waals surface area contributed by atoms with E-state index < -0.39 is 4.92 Å². The van der Waals surface area contributed by atoms with Gasteiger partial charge in [0.25, 0.3) is 5.69 Å². The summed E-state index contributed by atoms with van der Waals surface area (Å²) in [6.45, 7) is 0. The van der Waals surface area contributed by atoms with E-state index in [-0.39, 0.29) is 5.69 Å². The van der Waals surface area contributed by atoms with Crippen LogP contribution < -0.4 is 0 Å². The Labute approximate surface area is 116 Å². The van der Waals surface area contributed by atoms with Crippen molar-refractivity contribution >= 4 is 32.7 Å². The van der Waals surface area contributed by atoms with E-state index in [1.165, 1.54) is 6.07 Å². The van der Waals surface area contributed by atoms with E-state index >= 15 is 0 Å². The SMILES string of the molecule is O=[N+]([O-])c1cccc2c1ncn2-c1cccc(Br)c1. The van der Waals surface area contributed by atoms with Crippen molar-refractivity contribution in [1.82, 2.24) is 9.55 Å². The number of nitro groups is 1. The van der Waals surface area contributed by atoms with Crippen molar-refractivity contribution in [2.75, 3.05) is 0 Å². The van der Waals surface area contributed by atoms with Crippen molar-refractivity contribution < 1.29 is 4.92 Å². The highest BCUT2D eigenvalue weighted by Crippen LogP contribution is 2.26. The third-order valence-corrected chi connectivity index (χ3v) is 3.33. The van der Waals surface area contributed by atoms with Crippen molar-refractivity contribution in [3.05, 3.63) is 63.4 Å². The van der Waals surface area contributed by atoms with E-state index in [9.17, 15) is 10.1 Å². The quantitative estimate of drug-likeness (QED) is 0.535. The molecule has 19 heavy (non-hydrogen) atoms. The summed E-state index contributed by atoms with van der Waals surface area (Å²) >= 11 is 3.41. The lowest BCUT2D eigenvalue weighted by atomic mass is 10.2. The molecule has 0 aliphatic carbocycles. The number of imidazole rings is 1. The topological polar surface area (TPSA) is 61.0 Å². The van der Waals surface area contributed by atoms with Gasteiger partial charge in [-0.2, -0.15) is 0 Å². The van der Waals surface area contributed by atoms with Crippen LogP contribution >= 0.6 is 15.9 Å². The van der Waals surface area contributed by atoms with E-state index in [2.05, 4.69) is 20.9 Å². The first-order valence-corrected chi connectivity index (χ1v) is 6.32. The smallest absolute Gasteiger partial charge is 0.297 e. The summed E-state index contributed by atoms with van der Waals surface area (Å²) in [5.41, 5.74) is 2.03. The number of nitrogens with zero attached hydrogens (tertiary/aromatic N) is 3. The lowest BCUT2D eigenvalue weighted by Gasteiger charge is -2.04. The monoisotopic (exact) mass is 317 g/mol. The Hall–Kier alpha value is -2.21. The van der Waals surface area contributed by atoms with Gasteiger partial charge in [-0.25, -0.2) is 4.98 Å². The zero-order valence-corrected chi connectivity index (χ0v) is 11.2. The van der Waals surface area contributed by atoms with E-state index in [1.807, 2.05) is 34.9 Å². The first kappa shape index (κ1) is 11.9. The molecule has 0 unspecified atom stereocenters. The minimum atomic E-state index is -0.416. The molecule has 6 heteroatoms. The second-order valence-electron chi connectivity index (χ2n) is 4.00. The highest BCUT2D eigenvalue weighted by Gasteiger charge is 2.15. The maximum atomic E-state index is 11.0.